The third-order valence-electron chi connectivity index (χ3n) is 4.73. The van der Waals surface area contributed by atoms with Gasteiger partial charge in [0.1, 0.15) is 17.3 Å². The fourth-order valence-electron chi connectivity index (χ4n) is 3.13. The fourth-order valence-corrected chi connectivity index (χ4v) is 3.13. The molecule has 3 heterocycles. The van der Waals surface area contributed by atoms with Crippen LogP contribution in [0.25, 0.3) is 10.9 Å². The van der Waals surface area contributed by atoms with E-state index in [0.717, 1.165) is 54.3 Å². The number of benzene rings is 1. The van der Waals surface area contributed by atoms with Gasteiger partial charge in [-0.25, -0.2) is 9.97 Å². The Bertz CT molecular complexity index is 969. The molecule has 0 spiro atoms. The number of nitrogens with one attached hydrogen (secondary N) is 1. The molecule has 1 aliphatic rings. The van der Waals surface area contributed by atoms with E-state index in [-0.39, 0.29) is 5.91 Å². The Labute approximate surface area is 163 Å². The maximum Gasteiger partial charge on any atom is 0.270 e. The molecular weight excluding hydrogens is 356 g/mol. The molecule has 0 bridgehead atoms. The highest BCUT2D eigenvalue weighted by atomic mass is 16.5. The smallest absolute Gasteiger partial charge is 0.270 e. The van der Waals surface area contributed by atoms with Gasteiger partial charge >= 0.3 is 0 Å². The highest BCUT2D eigenvalue weighted by Gasteiger charge is 2.12. The van der Waals surface area contributed by atoms with E-state index in [1.807, 2.05) is 36.4 Å². The molecule has 7 heteroatoms. The quantitative estimate of drug-likeness (QED) is 0.735. The maximum atomic E-state index is 12.5. The number of aromatic nitrogens is 2. The lowest BCUT2D eigenvalue weighted by atomic mass is 10.2. The van der Waals surface area contributed by atoms with E-state index in [4.69, 9.17) is 9.47 Å². The van der Waals surface area contributed by atoms with E-state index in [9.17, 15) is 4.79 Å². The van der Waals surface area contributed by atoms with Crippen LogP contribution in [-0.4, -0.2) is 49.3 Å². The van der Waals surface area contributed by atoms with Crippen molar-refractivity contribution >= 4 is 22.6 Å². The summed E-state index contributed by atoms with van der Waals surface area (Å²) in [7, 11) is 1.62. The van der Waals surface area contributed by atoms with Crippen LogP contribution in [0.2, 0.25) is 0 Å². The molecule has 0 atom stereocenters. The lowest BCUT2D eigenvalue weighted by Gasteiger charge is -2.27. The number of amides is 1. The van der Waals surface area contributed by atoms with E-state index in [0.29, 0.717) is 12.2 Å². The number of nitrogens with zero attached hydrogens (tertiary/aromatic N) is 3. The zero-order chi connectivity index (χ0) is 19.3. The molecule has 0 radical (unpaired) electrons. The molecule has 7 nitrogen and oxygen atoms in total. The summed E-state index contributed by atoms with van der Waals surface area (Å²) in [5.41, 5.74) is 2.08. The number of anilines is 1. The Hall–Kier alpha value is -3.19. The van der Waals surface area contributed by atoms with Crippen LogP contribution in [0, 0.1) is 0 Å². The highest BCUT2D eigenvalue weighted by molar-refractivity contribution is 5.95. The third kappa shape index (κ3) is 4.04. The van der Waals surface area contributed by atoms with Gasteiger partial charge in [0.2, 0.25) is 0 Å². The minimum atomic E-state index is -0.213. The predicted octanol–water partition coefficient (Wildman–Crippen LogP) is 2.41. The van der Waals surface area contributed by atoms with Crippen molar-refractivity contribution in [2.24, 2.45) is 0 Å². The summed E-state index contributed by atoms with van der Waals surface area (Å²) in [6.07, 6.45) is 1.80. The van der Waals surface area contributed by atoms with E-state index >= 15 is 0 Å². The monoisotopic (exact) mass is 378 g/mol. The van der Waals surface area contributed by atoms with E-state index in [2.05, 4.69) is 20.2 Å². The summed E-state index contributed by atoms with van der Waals surface area (Å²) in [5, 5.41) is 3.83. The molecule has 28 heavy (non-hydrogen) atoms. The Morgan fingerprint density at radius 3 is 2.79 bits per heavy atom. The van der Waals surface area contributed by atoms with Crippen molar-refractivity contribution in [1.29, 1.82) is 0 Å². The van der Waals surface area contributed by atoms with Gasteiger partial charge in [-0.05, 0) is 35.9 Å². The SMILES string of the molecule is COc1ccc2nc(C(=O)NCc3ccc(N4CCOCC4)nc3)ccc2c1. The highest BCUT2D eigenvalue weighted by Crippen LogP contribution is 2.19. The third-order valence-corrected chi connectivity index (χ3v) is 4.73. The number of hydrogen-bond acceptors (Lipinski definition) is 6. The molecule has 0 unspecified atom stereocenters. The maximum absolute atomic E-state index is 12.5. The molecule has 1 N–H and O–H groups in total. The average Bonchev–Trinajstić information content (AvgIpc) is 2.77. The number of morpholine rings is 1. The van der Waals surface area contributed by atoms with Crippen molar-refractivity contribution in [3.8, 4) is 5.75 Å². The van der Waals surface area contributed by atoms with Gasteiger partial charge in [0.05, 0.1) is 25.8 Å². The first-order valence-electron chi connectivity index (χ1n) is 9.23. The van der Waals surface area contributed by atoms with E-state index in [1.54, 1.807) is 19.4 Å². The molecule has 0 saturated carbocycles. The number of carbonyl (C=O) groups excluding carboxylic acids is 1. The Kier molecular flexibility index (Phi) is 5.34. The molecule has 1 amide bonds. The molecule has 0 aliphatic carbocycles. The number of hydrogen-bond donors (Lipinski definition) is 1. The molecule has 1 aromatic carbocycles. The van der Waals surface area contributed by atoms with E-state index in [1.165, 1.54) is 0 Å². The van der Waals surface area contributed by atoms with Crippen molar-refractivity contribution < 1.29 is 14.3 Å². The predicted molar refractivity (Wildman–Crippen MR) is 107 cm³/mol. The molecule has 2 aromatic heterocycles. The zero-order valence-electron chi connectivity index (χ0n) is 15.7. The summed E-state index contributed by atoms with van der Waals surface area (Å²) >= 11 is 0. The second kappa shape index (κ2) is 8.22. The van der Waals surface area contributed by atoms with Crippen LogP contribution in [0.3, 0.4) is 0 Å². The van der Waals surface area contributed by atoms with Gasteiger partial charge < -0.3 is 19.7 Å². The lowest BCUT2D eigenvalue weighted by Crippen LogP contribution is -2.36. The van der Waals surface area contributed by atoms with E-state index < -0.39 is 0 Å². The van der Waals surface area contributed by atoms with Crippen molar-refractivity contribution in [2.45, 2.75) is 6.54 Å². The van der Waals surface area contributed by atoms with Crippen LogP contribution < -0.4 is 15.0 Å². The molecule has 1 fully saturated rings. The summed E-state index contributed by atoms with van der Waals surface area (Å²) in [4.78, 5) is 23.6. The molecule has 1 aliphatic heterocycles. The van der Waals surface area contributed by atoms with Crippen LogP contribution in [-0.2, 0) is 11.3 Å². The van der Waals surface area contributed by atoms with Gasteiger partial charge in [0, 0.05) is 31.2 Å². The topological polar surface area (TPSA) is 76.6 Å². The van der Waals surface area contributed by atoms with Gasteiger partial charge in [-0.15, -0.1) is 0 Å². The van der Waals surface area contributed by atoms with Crippen LogP contribution >= 0.6 is 0 Å². The Morgan fingerprint density at radius 2 is 2.04 bits per heavy atom. The second-order valence-corrected chi connectivity index (χ2v) is 6.56. The molecule has 3 aromatic rings. The molecule has 144 valence electrons. The lowest BCUT2D eigenvalue weighted by molar-refractivity contribution is 0.0946. The Morgan fingerprint density at radius 1 is 1.18 bits per heavy atom. The van der Waals surface area contributed by atoms with Gasteiger partial charge in [-0.3, -0.25) is 4.79 Å². The van der Waals surface area contributed by atoms with Crippen LogP contribution in [0.1, 0.15) is 16.1 Å². The molecule has 1 saturated heterocycles. The Balaban J connectivity index is 1.39. The van der Waals surface area contributed by atoms with Crippen LogP contribution in [0.5, 0.6) is 5.75 Å². The number of carbonyl (C=O) groups is 1. The van der Waals surface area contributed by atoms with Crippen molar-refractivity contribution in [3.63, 3.8) is 0 Å². The van der Waals surface area contributed by atoms with Crippen LogP contribution in [0.15, 0.2) is 48.7 Å². The van der Waals surface area contributed by atoms with Crippen LogP contribution in [0.4, 0.5) is 5.82 Å². The summed E-state index contributed by atoms with van der Waals surface area (Å²) in [6, 6.07) is 13.1. The normalized spacial score (nSPS) is 14.1. The number of ether oxygens (including phenoxy) is 2. The molecular formula is C21H22N4O3. The minimum absolute atomic E-state index is 0.213. The first-order valence-corrected chi connectivity index (χ1v) is 9.23. The van der Waals surface area contributed by atoms with Gasteiger partial charge in [-0.2, -0.15) is 0 Å². The molecule has 4 rings (SSSR count). The van der Waals surface area contributed by atoms with Crippen molar-refractivity contribution in [2.75, 3.05) is 38.3 Å². The van der Waals surface area contributed by atoms with Gasteiger partial charge in [0.15, 0.2) is 0 Å². The summed E-state index contributed by atoms with van der Waals surface area (Å²) in [6.45, 7) is 3.55. The largest absolute Gasteiger partial charge is 0.497 e. The summed E-state index contributed by atoms with van der Waals surface area (Å²) in [5.74, 6) is 1.49. The second-order valence-electron chi connectivity index (χ2n) is 6.56. The number of pyridine rings is 2. The zero-order valence-corrected chi connectivity index (χ0v) is 15.7. The first kappa shape index (κ1) is 18.2. The minimum Gasteiger partial charge on any atom is -0.497 e. The standard InChI is InChI=1S/C21H22N4O3/c1-27-17-4-6-18-16(12-17)3-5-19(24-18)21(26)23-14-15-2-7-20(22-13-15)25-8-10-28-11-9-25/h2-7,12-13H,8-11,14H2,1H3,(H,23,26). The van der Waals surface area contributed by atoms with Crippen molar-refractivity contribution in [3.05, 3.63) is 59.9 Å². The number of methoxy groups -OCH3 is 1. The summed E-state index contributed by atoms with van der Waals surface area (Å²) < 4.78 is 10.6. The van der Waals surface area contributed by atoms with Gasteiger partial charge in [0.25, 0.3) is 5.91 Å². The number of fused-ring (bicyclic) bond motifs is 1. The van der Waals surface area contributed by atoms with Crippen molar-refractivity contribution in [1.82, 2.24) is 15.3 Å². The number of rotatable bonds is 5. The van der Waals surface area contributed by atoms with Gasteiger partial charge in [-0.1, -0.05) is 12.1 Å². The fraction of sp³-hybridized carbons (Fsp3) is 0.286. The average molecular weight is 378 g/mol. The first-order chi connectivity index (χ1) is 13.7.